The number of nitrogens with zero attached hydrogens (tertiary/aromatic N) is 4. The Bertz CT molecular complexity index is 979. The van der Waals surface area contributed by atoms with Gasteiger partial charge < -0.3 is 18.9 Å². The van der Waals surface area contributed by atoms with E-state index in [9.17, 15) is 9.18 Å². The smallest absolute Gasteiger partial charge is 0.325 e. The molecule has 0 spiro atoms. The van der Waals surface area contributed by atoms with Crippen molar-refractivity contribution in [2.45, 2.75) is 13.0 Å². The zero-order chi connectivity index (χ0) is 20.1. The molecule has 28 heavy (non-hydrogen) atoms. The van der Waals surface area contributed by atoms with Crippen LogP contribution in [-0.4, -0.2) is 47.8 Å². The van der Waals surface area contributed by atoms with Gasteiger partial charge in [0, 0.05) is 30.7 Å². The molecule has 148 valence electrons. The summed E-state index contributed by atoms with van der Waals surface area (Å²) in [5.41, 5.74) is 0.925. The number of anilines is 1. The van der Waals surface area contributed by atoms with Crippen molar-refractivity contribution in [1.29, 1.82) is 0 Å². The van der Waals surface area contributed by atoms with E-state index in [-0.39, 0.29) is 23.6 Å². The van der Waals surface area contributed by atoms with Crippen molar-refractivity contribution in [2.75, 3.05) is 32.2 Å². The van der Waals surface area contributed by atoms with E-state index in [4.69, 9.17) is 21.1 Å². The third-order valence-corrected chi connectivity index (χ3v) is 4.42. The van der Waals surface area contributed by atoms with Crippen LogP contribution in [0.15, 0.2) is 36.7 Å². The molecule has 3 rings (SSSR count). The number of methoxy groups -OCH3 is 1. The molecule has 0 radical (unpaired) electrons. The highest BCUT2D eigenvalue weighted by Crippen LogP contribution is 2.22. The van der Waals surface area contributed by atoms with Crippen molar-refractivity contribution in [3.63, 3.8) is 0 Å². The molecule has 0 unspecified atom stereocenters. The number of hydrogen-bond donors (Lipinski definition) is 0. The summed E-state index contributed by atoms with van der Waals surface area (Å²) in [6, 6.07) is 7.58. The van der Waals surface area contributed by atoms with Crippen LogP contribution in [-0.2, 0) is 16.1 Å². The minimum absolute atomic E-state index is 0.00642. The van der Waals surface area contributed by atoms with Crippen molar-refractivity contribution in [3.05, 3.63) is 47.8 Å². The molecule has 9 heteroatoms. The molecule has 3 aromatic rings. The molecule has 0 aliphatic heterocycles. The van der Waals surface area contributed by atoms with Gasteiger partial charge in [-0.2, -0.15) is 4.98 Å². The van der Waals surface area contributed by atoms with E-state index in [0.29, 0.717) is 19.6 Å². The number of halogens is 2. The van der Waals surface area contributed by atoms with Gasteiger partial charge in [0.05, 0.1) is 19.9 Å². The second-order valence-electron chi connectivity index (χ2n) is 6.17. The van der Waals surface area contributed by atoms with Crippen molar-refractivity contribution in [2.24, 2.45) is 0 Å². The number of ether oxygens (including phenoxy) is 2. The summed E-state index contributed by atoms with van der Waals surface area (Å²) in [4.78, 5) is 20.6. The first-order chi connectivity index (χ1) is 13.5. The lowest BCUT2D eigenvalue weighted by molar-refractivity contribution is -0.141. The standard InChI is InChI=1S/C19H20ClFN4O3/c1-24(18-15(21)11-22-19(20)23-18)7-3-9-28-14-4-5-16-13(10-14)6-8-25(16)12-17(26)27-2/h4-6,8,10-11H,3,7,9,12H2,1-2H3. The molecule has 0 atom stereocenters. The molecule has 0 aliphatic carbocycles. The third-order valence-electron chi connectivity index (χ3n) is 4.23. The molecule has 0 saturated heterocycles. The number of esters is 1. The van der Waals surface area contributed by atoms with Crippen LogP contribution in [0.5, 0.6) is 5.75 Å². The monoisotopic (exact) mass is 406 g/mol. The predicted molar refractivity (Wildman–Crippen MR) is 104 cm³/mol. The van der Waals surface area contributed by atoms with E-state index in [1.54, 1.807) is 11.9 Å². The molecule has 1 aromatic carbocycles. The number of carbonyl (C=O) groups is 1. The second kappa shape index (κ2) is 8.88. The number of benzene rings is 1. The zero-order valence-electron chi connectivity index (χ0n) is 15.6. The van der Waals surface area contributed by atoms with Gasteiger partial charge in [0.1, 0.15) is 12.3 Å². The van der Waals surface area contributed by atoms with E-state index in [0.717, 1.165) is 22.8 Å². The van der Waals surface area contributed by atoms with Crippen LogP contribution in [0.1, 0.15) is 6.42 Å². The van der Waals surface area contributed by atoms with Crippen LogP contribution in [0, 0.1) is 5.82 Å². The average Bonchev–Trinajstić information content (AvgIpc) is 3.08. The topological polar surface area (TPSA) is 69.5 Å². The Morgan fingerprint density at radius 2 is 2.18 bits per heavy atom. The minimum Gasteiger partial charge on any atom is -0.494 e. The first-order valence-corrected chi connectivity index (χ1v) is 9.03. The molecule has 2 aromatic heterocycles. The highest BCUT2D eigenvalue weighted by Gasteiger charge is 2.11. The average molecular weight is 407 g/mol. The zero-order valence-corrected chi connectivity index (χ0v) is 16.3. The molecular weight excluding hydrogens is 387 g/mol. The fourth-order valence-corrected chi connectivity index (χ4v) is 2.94. The molecule has 0 amide bonds. The highest BCUT2D eigenvalue weighted by molar-refractivity contribution is 6.28. The maximum atomic E-state index is 13.8. The third kappa shape index (κ3) is 4.69. The quantitative estimate of drug-likeness (QED) is 0.325. The van der Waals surface area contributed by atoms with E-state index in [1.807, 2.05) is 35.0 Å². The van der Waals surface area contributed by atoms with Crippen LogP contribution < -0.4 is 9.64 Å². The summed E-state index contributed by atoms with van der Waals surface area (Å²) < 4.78 is 26.1. The van der Waals surface area contributed by atoms with Crippen LogP contribution in [0.25, 0.3) is 10.9 Å². The van der Waals surface area contributed by atoms with Gasteiger partial charge in [-0.15, -0.1) is 0 Å². The maximum absolute atomic E-state index is 13.8. The Kier molecular flexibility index (Phi) is 6.30. The van der Waals surface area contributed by atoms with E-state index >= 15 is 0 Å². The van der Waals surface area contributed by atoms with Gasteiger partial charge in [0.25, 0.3) is 0 Å². The van der Waals surface area contributed by atoms with Gasteiger partial charge in [0.2, 0.25) is 5.28 Å². The van der Waals surface area contributed by atoms with E-state index in [2.05, 4.69) is 9.97 Å². The molecule has 0 saturated carbocycles. The van der Waals surface area contributed by atoms with Crippen LogP contribution >= 0.6 is 11.6 Å². The first kappa shape index (κ1) is 19.9. The van der Waals surface area contributed by atoms with Gasteiger partial charge in [-0.1, -0.05) is 0 Å². The van der Waals surface area contributed by atoms with E-state index < -0.39 is 5.82 Å². The van der Waals surface area contributed by atoms with Gasteiger partial charge in [-0.05, 0) is 42.3 Å². The number of rotatable bonds is 8. The van der Waals surface area contributed by atoms with Crippen LogP contribution in [0.3, 0.4) is 0 Å². The Morgan fingerprint density at radius 3 is 2.96 bits per heavy atom. The summed E-state index contributed by atoms with van der Waals surface area (Å²) in [7, 11) is 3.10. The Morgan fingerprint density at radius 1 is 1.36 bits per heavy atom. The summed E-state index contributed by atoms with van der Waals surface area (Å²) in [6.45, 7) is 1.16. The number of aromatic nitrogens is 3. The second-order valence-corrected chi connectivity index (χ2v) is 6.51. The van der Waals surface area contributed by atoms with Crippen molar-refractivity contribution in [1.82, 2.24) is 14.5 Å². The van der Waals surface area contributed by atoms with Gasteiger partial charge in [0.15, 0.2) is 11.6 Å². The van der Waals surface area contributed by atoms with Crippen molar-refractivity contribution in [3.8, 4) is 5.75 Å². The van der Waals surface area contributed by atoms with Gasteiger partial charge in [-0.3, -0.25) is 4.79 Å². The minimum atomic E-state index is -0.519. The normalized spacial score (nSPS) is 10.9. The van der Waals surface area contributed by atoms with Gasteiger partial charge >= 0.3 is 5.97 Å². The number of fused-ring (bicyclic) bond motifs is 1. The summed E-state index contributed by atoms with van der Waals surface area (Å²) in [6.07, 6.45) is 3.56. The summed E-state index contributed by atoms with van der Waals surface area (Å²) >= 11 is 5.72. The molecular formula is C19H20ClFN4O3. The summed E-state index contributed by atoms with van der Waals surface area (Å²) in [5.74, 6) is 0.0636. The largest absolute Gasteiger partial charge is 0.494 e. The predicted octanol–water partition coefficient (Wildman–Crippen LogP) is 3.30. The molecule has 2 heterocycles. The highest BCUT2D eigenvalue weighted by atomic mass is 35.5. The lowest BCUT2D eigenvalue weighted by Crippen LogP contribution is -2.22. The number of hydrogen-bond acceptors (Lipinski definition) is 6. The maximum Gasteiger partial charge on any atom is 0.325 e. The first-order valence-electron chi connectivity index (χ1n) is 8.65. The molecule has 0 bridgehead atoms. The van der Waals surface area contributed by atoms with E-state index in [1.165, 1.54) is 7.11 Å². The fraction of sp³-hybridized carbons (Fsp3) is 0.316. The lowest BCUT2D eigenvalue weighted by atomic mass is 10.2. The van der Waals surface area contributed by atoms with Crippen molar-refractivity contribution >= 4 is 34.3 Å². The Balaban J connectivity index is 1.54. The summed E-state index contributed by atoms with van der Waals surface area (Å²) in [5, 5.41) is 0.975. The molecule has 7 nitrogen and oxygen atoms in total. The SMILES string of the molecule is COC(=O)Cn1ccc2cc(OCCCN(C)c3nc(Cl)ncc3F)ccc21. The van der Waals surface area contributed by atoms with Gasteiger partial charge in [-0.25, -0.2) is 9.37 Å². The van der Waals surface area contributed by atoms with Crippen molar-refractivity contribution < 1.29 is 18.7 Å². The molecule has 0 fully saturated rings. The van der Waals surface area contributed by atoms with Crippen LogP contribution in [0.4, 0.5) is 10.2 Å². The lowest BCUT2D eigenvalue weighted by Gasteiger charge is -2.18. The molecule has 0 aliphatic rings. The molecule has 0 N–H and O–H groups in total. The number of carbonyl (C=O) groups excluding carboxylic acids is 1. The van der Waals surface area contributed by atoms with Crippen LogP contribution in [0.2, 0.25) is 5.28 Å². The fourth-order valence-electron chi connectivity index (χ4n) is 2.81. The Labute approximate surface area is 166 Å². The Hall–Kier alpha value is -2.87.